The normalized spacial score (nSPS) is 19.0. The number of aromatic nitrogens is 1. The van der Waals surface area contributed by atoms with E-state index >= 15 is 0 Å². The first kappa shape index (κ1) is 21.0. The van der Waals surface area contributed by atoms with E-state index in [1.54, 1.807) is 0 Å². The summed E-state index contributed by atoms with van der Waals surface area (Å²) >= 11 is 1.82. The zero-order valence-electron chi connectivity index (χ0n) is 17.8. The Balaban J connectivity index is 1.20. The Morgan fingerprint density at radius 1 is 1.17 bits per heavy atom. The van der Waals surface area contributed by atoms with Crippen LogP contribution in [0.25, 0.3) is 0 Å². The van der Waals surface area contributed by atoms with Gasteiger partial charge in [-0.2, -0.15) is 0 Å². The van der Waals surface area contributed by atoms with Crippen molar-refractivity contribution in [2.75, 3.05) is 25.0 Å². The summed E-state index contributed by atoms with van der Waals surface area (Å²) in [6, 6.07) is 8.86. The molecular weight excluding hydrogens is 394 g/mol. The number of aliphatic imine (C=N–C) groups is 1. The monoisotopic (exact) mass is 427 g/mol. The summed E-state index contributed by atoms with van der Waals surface area (Å²) in [6.07, 6.45) is 10.7. The first-order chi connectivity index (χ1) is 14.8. The lowest BCUT2D eigenvalue weighted by molar-refractivity contribution is 0.148. The van der Waals surface area contributed by atoms with E-state index in [-0.39, 0.29) is 0 Å². The van der Waals surface area contributed by atoms with Gasteiger partial charge in [-0.05, 0) is 61.6 Å². The topological polar surface area (TPSA) is 61.8 Å². The zero-order chi connectivity index (χ0) is 20.6. The molecule has 7 heteroatoms. The number of nitrogens with zero attached hydrogens (tertiary/aromatic N) is 3. The van der Waals surface area contributed by atoms with Crippen molar-refractivity contribution in [2.24, 2.45) is 4.99 Å². The van der Waals surface area contributed by atoms with Crippen LogP contribution in [0, 0.1) is 0 Å². The number of hydrogen-bond donors (Lipinski definition) is 2. The van der Waals surface area contributed by atoms with Crippen molar-refractivity contribution in [3.05, 3.63) is 41.4 Å². The first-order valence-corrected chi connectivity index (χ1v) is 12.1. The summed E-state index contributed by atoms with van der Waals surface area (Å²) in [5.41, 5.74) is 1.13. The average molecular weight is 428 g/mol. The predicted octanol–water partition coefficient (Wildman–Crippen LogP) is 4.19. The van der Waals surface area contributed by atoms with Crippen LogP contribution in [0.15, 0.2) is 40.8 Å². The average Bonchev–Trinajstić information content (AvgIpc) is 3.34. The fraction of sp³-hybridized carbons (Fsp3) is 0.565. The third kappa shape index (κ3) is 5.88. The van der Waals surface area contributed by atoms with Gasteiger partial charge in [-0.1, -0.05) is 12.5 Å². The summed E-state index contributed by atoms with van der Waals surface area (Å²) in [5, 5.41) is 10.5. The Labute approximate surface area is 183 Å². The fourth-order valence-corrected chi connectivity index (χ4v) is 4.99. The van der Waals surface area contributed by atoms with Crippen molar-refractivity contribution in [3.63, 3.8) is 0 Å². The second kappa shape index (κ2) is 10.7. The molecule has 2 aliphatic rings. The highest BCUT2D eigenvalue weighted by atomic mass is 32.1. The van der Waals surface area contributed by atoms with E-state index in [9.17, 15) is 0 Å². The molecule has 2 N–H and O–H groups in total. The molecule has 0 amide bonds. The first-order valence-electron chi connectivity index (χ1n) is 11.2. The smallest absolute Gasteiger partial charge is 0.213 e. The summed E-state index contributed by atoms with van der Waals surface area (Å²) in [6.45, 7) is 2.87. The molecule has 162 valence electrons. The molecule has 0 atom stereocenters. The Hall–Kier alpha value is -2.28. The minimum atomic E-state index is 0.337. The van der Waals surface area contributed by atoms with Crippen LogP contribution in [-0.4, -0.2) is 43.2 Å². The lowest BCUT2D eigenvalue weighted by Crippen LogP contribution is -2.48. The van der Waals surface area contributed by atoms with Crippen molar-refractivity contribution in [1.29, 1.82) is 0 Å². The molecule has 30 heavy (non-hydrogen) atoms. The van der Waals surface area contributed by atoms with Gasteiger partial charge in [-0.15, -0.1) is 11.3 Å². The molecule has 2 fully saturated rings. The van der Waals surface area contributed by atoms with E-state index < -0.39 is 0 Å². The van der Waals surface area contributed by atoms with Crippen LogP contribution >= 0.6 is 11.3 Å². The van der Waals surface area contributed by atoms with Crippen LogP contribution in [0.5, 0.6) is 5.88 Å². The molecule has 0 bridgehead atoms. The standard InChI is InChI=1S/C23H33N5OS/c1-24-23(27-19-11-13-28(14-12-19)22-8-5-15-30-22)26-17-18-9-10-21(25-16-18)29-20-6-3-2-4-7-20/h5,8-10,15-16,19-20H,2-4,6-7,11-14,17H2,1H3,(H2,24,26,27). The Bertz CT molecular complexity index is 778. The minimum absolute atomic E-state index is 0.337. The molecule has 0 spiro atoms. The van der Waals surface area contributed by atoms with Gasteiger partial charge in [-0.25, -0.2) is 4.98 Å². The highest BCUT2D eigenvalue weighted by Crippen LogP contribution is 2.25. The van der Waals surface area contributed by atoms with E-state index in [0.717, 1.165) is 56.2 Å². The number of anilines is 1. The third-order valence-corrected chi connectivity index (χ3v) is 6.90. The molecular formula is C23H33N5OS. The van der Waals surface area contributed by atoms with Gasteiger partial charge in [0.1, 0.15) is 6.10 Å². The molecule has 1 saturated heterocycles. The van der Waals surface area contributed by atoms with Crippen molar-refractivity contribution < 1.29 is 4.74 Å². The van der Waals surface area contributed by atoms with Crippen LogP contribution in [-0.2, 0) is 6.54 Å². The summed E-state index contributed by atoms with van der Waals surface area (Å²) < 4.78 is 6.02. The van der Waals surface area contributed by atoms with E-state index in [1.165, 1.54) is 24.3 Å². The quantitative estimate of drug-likeness (QED) is 0.535. The van der Waals surface area contributed by atoms with Crippen LogP contribution in [0.1, 0.15) is 50.5 Å². The van der Waals surface area contributed by atoms with Crippen LogP contribution < -0.4 is 20.3 Å². The number of pyridine rings is 1. The molecule has 4 rings (SSSR count). The summed E-state index contributed by atoms with van der Waals surface area (Å²) in [5.74, 6) is 1.60. The number of rotatable bonds is 6. The molecule has 2 aromatic heterocycles. The maximum atomic E-state index is 6.02. The molecule has 0 aromatic carbocycles. The van der Waals surface area contributed by atoms with Crippen LogP contribution in [0.4, 0.5) is 5.00 Å². The molecule has 1 aliphatic carbocycles. The molecule has 1 aliphatic heterocycles. The molecule has 1 saturated carbocycles. The zero-order valence-corrected chi connectivity index (χ0v) is 18.7. The number of guanidine groups is 1. The number of piperidine rings is 1. The molecule has 6 nitrogen and oxygen atoms in total. The third-order valence-electron chi connectivity index (χ3n) is 5.97. The number of hydrogen-bond acceptors (Lipinski definition) is 5. The Morgan fingerprint density at radius 3 is 2.67 bits per heavy atom. The van der Waals surface area contributed by atoms with Gasteiger partial charge in [0.05, 0.1) is 5.00 Å². The van der Waals surface area contributed by atoms with E-state index in [0.29, 0.717) is 18.7 Å². The second-order valence-electron chi connectivity index (χ2n) is 8.17. The maximum Gasteiger partial charge on any atom is 0.213 e. The van der Waals surface area contributed by atoms with Crippen molar-refractivity contribution in [2.45, 2.75) is 63.6 Å². The Kier molecular flexibility index (Phi) is 7.45. The number of thiophene rings is 1. The van der Waals surface area contributed by atoms with E-state index in [4.69, 9.17) is 4.74 Å². The molecule has 0 radical (unpaired) electrons. The van der Waals surface area contributed by atoms with Gasteiger partial charge >= 0.3 is 0 Å². The van der Waals surface area contributed by atoms with Crippen molar-refractivity contribution in [3.8, 4) is 5.88 Å². The van der Waals surface area contributed by atoms with Gasteiger partial charge in [0.15, 0.2) is 5.96 Å². The highest BCUT2D eigenvalue weighted by Gasteiger charge is 2.20. The molecule has 3 heterocycles. The molecule has 0 unspecified atom stereocenters. The predicted molar refractivity (Wildman–Crippen MR) is 125 cm³/mol. The minimum Gasteiger partial charge on any atom is -0.474 e. The summed E-state index contributed by atoms with van der Waals surface area (Å²) in [4.78, 5) is 11.4. The highest BCUT2D eigenvalue weighted by molar-refractivity contribution is 7.14. The van der Waals surface area contributed by atoms with Gasteiger partial charge in [0.25, 0.3) is 0 Å². The lowest BCUT2D eigenvalue weighted by atomic mass is 9.98. The van der Waals surface area contributed by atoms with Gasteiger partial charge in [0.2, 0.25) is 5.88 Å². The number of ether oxygens (including phenoxy) is 1. The summed E-state index contributed by atoms with van der Waals surface area (Å²) in [7, 11) is 1.83. The SMILES string of the molecule is CN=C(NCc1ccc(OC2CCCCC2)nc1)NC1CCN(c2cccs2)CC1. The Morgan fingerprint density at radius 2 is 2.00 bits per heavy atom. The van der Waals surface area contributed by atoms with Crippen molar-refractivity contribution >= 4 is 22.3 Å². The largest absolute Gasteiger partial charge is 0.474 e. The lowest BCUT2D eigenvalue weighted by Gasteiger charge is -2.33. The number of nitrogens with one attached hydrogen (secondary N) is 2. The second-order valence-corrected chi connectivity index (χ2v) is 9.09. The van der Waals surface area contributed by atoms with Crippen LogP contribution in [0.3, 0.4) is 0 Å². The fourth-order valence-electron chi connectivity index (χ4n) is 4.21. The van der Waals surface area contributed by atoms with Gasteiger partial charge in [0, 0.05) is 45.0 Å². The van der Waals surface area contributed by atoms with Gasteiger partial charge < -0.3 is 20.3 Å². The van der Waals surface area contributed by atoms with Crippen LogP contribution in [0.2, 0.25) is 0 Å². The molecule has 2 aromatic rings. The van der Waals surface area contributed by atoms with Gasteiger partial charge in [-0.3, -0.25) is 4.99 Å². The van der Waals surface area contributed by atoms with Crippen molar-refractivity contribution in [1.82, 2.24) is 15.6 Å². The van der Waals surface area contributed by atoms with E-state index in [1.807, 2.05) is 30.6 Å². The maximum absolute atomic E-state index is 6.02. The van der Waals surface area contributed by atoms with E-state index in [2.05, 4.69) is 49.1 Å².